The molecule has 21 heavy (non-hydrogen) atoms. The van der Waals surface area contributed by atoms with Crippen molar-refractivity contribution in [1.29, 1.82) is 0 Å². The number of ether oxygens (including phenoxy) is 1. The van der Waals surface area contributed by atoms with Crippen molar-refractivity contribution in [2.45, 2.75) is 45.8 Å². The molecular weight excluding hydrogens is 332 g/mol. The second-order valence-electron chi connectivity index (χ2n) is 6.01. The van der Waals surface area contributed by atoms with E-state index in [1.165, 1.54) is 5.56 Å². The second-order valence-corrected chi connectivity index (χ2v) is 6.93. The van der Waals surface area contributed by atoms with Gasteiger partial charge in [-0.15, -0.1) is 0 Å². The van der Waals surface area contributed by atoms with Gasteiger partial charge in [0, 0.05) is 17.1 Å². The lowest BCUT2D eigenvalue weighted by atomic mass is 10.1. The van der Waals surface area contributed by atoms with Gasteiger partial charge in [-0.1, -0.05) is 28.1 Å². The third-order valence-corrected chi connectivity index (χ3v) is 3.31. The van der Waals surface area contributed by atoms with Crippen LogP contribution in [0.4, 0.5) is 4.79 Å². The monoisotopic (exact) mass is 356 g/mol. The molecular formula is C16H25BrN2O2. The average Bonchev–Trinajstić information content (AvgIpc) is 2.36. The summed E-state index contributed by atoms with van der Waals surface area (Å²) < 4.78 is 6.26. The Morgan fingerprint density at radius 1 is 1.33 bits per heavy atom. The van der Waals surface area contributed by atoms with Gasteiger partial charge >= 0.3 is 6.09 Å². The zero-order valence-corrected chi connectivity index (χ0v) is 14.8. The van der Waals surface area contributed by atoms with E-state index in [9.17, 15) is 4.79 Å². The Morgan fingerprint density at radius 3 is 2.67 bits per heavy atom. The van der Waals surface area contributed by atoms with E-state index in [1.807, 2.05) is 32.9 Å². The Balaban J connectivity index is 2.18. The van der Waals surface area contributed by atoms with Gasteiger partial charge in [-0.25, -0.2) is 4.79 Å². The van der Waals surface area contributed by atoms with Crippen LogP contribution in [0.3, 0.4) is 0 Å². The lowest BCUT2D eigenvalue weighted by Gasteiger charge is -2.20. The summed E-state index contributed by atoms with van der Waals surface area (Å²) in [7, 11) is 0. The van der Waals surface area contributed by atoms with E-state index < -0.39 is 5.60 Å². The number of carbonyl (C=O) groups excluding carboxylic acids is 1. The molecule has 0 bridgehead atoms. The SMILES string of the molecule is C[C@@H](NCCCNC(=O)OC(C)(C)C)c1cccc(Br)c1. The van der Waals surface area contributed by atoms with E-state index in [1.54, 1.807) is 0 Å². The summed E-state index contributed by atoms with van der Waals surface area (Å²) in [5, 5.41) is 6.19. The normalized spacial score (nSPS) is 12.8. The van der Waals surface area contributed by atoms with Crippen molar-refractivity contribution >= 4 is 22.0 Å². The van der Waals surface area contributed by atoms with Crippen molar-refractivity contribution in [3.05, 3.63) is 34.3 Å². The molecule has 0 saturated carbocycles. The number of carbonyl (C=O) groups is 1. The molecule has 1 atom stereocenters. The zero-order chi connectivity index (χ0) is 15.9. The first-order valence-electron chi connectivity index (χ1n) is 7.23. The van der Waals surface area contributed by atoms with Crippen LogP contribution in [-0.2, 0) is 4.74 Å². The number of hydrogen-bond donors (Lipinski definition) is 2. The molecule has 0 unspecified atom stereocenters. The highest BCUT2D eigenvalue weighted by molar-refractivity contribution is 9.10. The molecule has 0 fully saturated rings. The number of nitrogens with one attached hydrogen (secondary N) is 2. The maximum Gasteiger partial charge on any atom is 0.407 e. The first-order chi connectivity index (χ1) is 9.78. The fourth-order valence-corrected chi connectivity index (χ4v) is 2.22. The summed E-state index contributed by atoms with van der Waals surface area (Å²) in [4.78, 5) is 11.5. The number of amides is 1. The number of benzene rings is 1. The summed E-state index contributed by atoms with van der Waals surface area (Å²) in [6.07, 6.45) is 0.500. The van der Waals surface area contributed by atoms with Gasteiger partial charge in [-0.3, -0.25) is 0 Å². The highest BCUT2D eigenvalue weighted by Gasteiger charge is 2.15. The van der Waals surface area contributed by atoms with Crippen molar-refractivity contribution in [3.8, 4) is 0 Å². The van der Waals surface area contributed by atoms with E-state index >= 15 is 0 Å². The summed E-state index contributed by atoms with van der Waals surface area (Å²) in [5.41, 5.74) is 0.793. The van der Waals surface area contributed by atoms with E-state index in [0.29, 0.717) is 6.54 Å². The molecule has 1 aromatic rings. The van der Waals surface area contributed by atoms with E-state index in [-0.39, 0.29) is 12.1 Å². The molecule has 0 heterocycles. The molecule has 0 spiro atoms. The molecule has 5 heteroatoms. The van der Waals surface area contributed by atoms with Crippen LogP contribution < -0.4 is 10.6 Å². The number of hydrogen-bond acceptors (Lipinski definition) is 3. The number of halogens is 1. The van der Waals surface area contributed by atoms with Crippen molar-refractivity contribution in [2.75, 3.05) is 13.1 Å². The van der Waals surface area contributed by atoms with Crippen LogP contribution >= 0.6 is 15.9 Å². The van der Waals surface area contributed by atoms with Crippen molar-refractivity contribution in [1.82, 2.24) is 10.6 Å². The van der Waals surface area contributed by atoms with Crippen LogP contribution in [-0.4, -0.2) is 24.8 Å². The summed E-state index contributed by atoms with van der Waals surface area (Å²) in [6.45, 7) is 9.13. The molecule has 0 radical (unpaired) electrons. The third-order valence-electron chi connectivity index (χ3n) is 2.82. The van der Waals surface area contributed by atoms with Gasteiger partial charge in [-0.2, -0.15) is 0 Å². The first kappa shape index (κ1) is 18.0. The minimum Gasteiger partial charge on any atom is -0.444 e. The van der Waals surface area contributed by atoms with Crippen LogP contribution in [0.15, 0.2) is 28.7 Å². The molecule has 4 nitrogen and oxygen atoms in total. The zero-order valence-electron chi connectivity index (χ0n) is 13.2. The van der Waals surface area contributed by atoms with Crippen molar-refractivity contribution < 1.29 is 9.53 Å². The highest BCUT2D eigenvalue weighted by atomic mass is 79.9. The molecule has 2 N–H and O–H groups in total. The van der Waals surface area contributed by atoms with Crippen LogP contribution in [0, 0.1) is 0 Å². The van der Waals surface area contributed by atoms with Gasteiger partial charge in [0.2, 0.25) is 0 Å². The fraction of sp³-hybridized carbons (Fsp3) is 0.562. The Labute approximate surface area is 135 Å². The maximum absolute atomic E-state index is 11.5. The lowest BCUT2D eigenvalue weighted by Crippen LogP contribution is -2.34. The lowest BCUT2D eigenvalue weighted by molar-refractivity contribution is 0.0527. The van der Waals surface area contributed by atoms with Crippen molar-refractivity contribution in [3.63, 3.8) is 0 Å². The van der Waals surface area contributed by atoms with Crippen LogP contribution in [0.25, 0.3) is 0 Å². The Hall–Kier alpha value is -1.07. The highest BCUT2D eigenvalue weighted by Crippen LogP contribution is 2.17. The standard InChI is InChI=1S/C16H25BrN2O2/c1-12(13-7-5-8-14(17)11-13)18-9-6-10-19-15(20)21-16(2,3)4/h5,7-8,11-12,18H,6,9-10H2,1-4H3,(H,19,20)/t12-/m1/s1. The van der Waals surface area contributed by atoms with Gasteiger partial charge in [0.05, 0.1) is 0 Å². The molecule has 0 aliphatic rings. The second kappa shape index (κ2) is 8.39. The molecule has 1 amide bonds. The minimum absolute atomic E-state index is 0.282. The van der Waals surface area contributed by atoms with E-state index in [0.717, 1.165) is 17.4 Å². The predicted octanol–water partition coefficient (Wildman–Crippen LogP) is 4.01. The fourth-order valence-electron chi connectivity index (χ4n) is 1.81. The molecule has 0 saturated heterocycles. The predicted molar refractivity (Wildman–Crippen MR) is 89.4 cm³/mol. The summed E-state index contributed by atoms with van der Waals surface area (Å²) in [6, 6.07) is 8.53. The number of rotatable bonds is 6. The maximum atomic E-state index is 11.5. The molecule has 0 aliphatic heterocycles. The van der Waals surface area contributed by atoms with Gasteiger partial charge in [-0.05, 0) is 58.4 Å². The Kier molecular flexibility index (Phi) is 7.18. The molecule has 118 valence electrons. The number of alkyl carbamates (subject to hydrolysis) is 1. The quantitative estimate of drug-likeness (QED) is 0.757. The van der Waals surface area contributed by atoms with Gasteiger partial charge in [0.15, 0.2) is 0 Å². The molecule has 0 aliphatic carbocycles. The smallest absolute Gasteiger partial charge is 0.407 e. The van der Waals surface area contributed by atoms with Crippen LogP contribution in [0.5, 0.6) is 0 Å². The Bertz CT molecular complexity index is 458. The Morgan fingerprint density at radius 2 is 2.05 bits per heavy atom. The molecule has 0 aromatic heterocycles. The topological polar surface area (TPSA) is 50.4 Å². The van der Waals surface area contributed by atoms with E-state index in [2.05, 4.69) is 45.6 Å². The molecule has 1 rings (SSSR count). The first-order valence-corrected chi connectivity index (χ1v) is 8.03. The van der Waals surface area contributed by atoms with Gasteiger partial charge < -0.3 is 15.4 Å². The summed E-state index contributed by atoms with van der Waals surface area (Å²) >= 11 is 3.47. The van der Waals surface area contributed by atoms with E-state index in [4.69, 9.17) is 4.74 Å². The van der Waals surface area contributed by atoms with Crippen molar-refractivity contribution in [2.24, 2.45) is 0 Å². The van der Waals surface area contributed by atoms with Gasteiger partial charge in [0.1, 0.15) is 5.60 Å². The summed E-state index contributed by atoms with van der Waals surface area (Å²) in [5.74, 6) is 0. The van der Waals surface area contributed by atoms with Crippen LogP contribution in [0.2, 0.25) is 0 Å². The third kappa shape index (κ3) is 8.07. The van der Waals surface area contributed by atoms with Gasteiger partial charge in [0.25, 0.3) is 0 Å². The van der Waals surface area contributed by atoms with Crippen LogP contribution in [0.1, 0.15) is 45.7 Å². The average molecular weight is 357 g/mol. The largest absolute Gasteiger partial charge is 0.444 e. The molecule has 1 aromatic carbocycles. The minimum atomic E-state index is -0.447.